The Kier molecular flexibility index (Phi) is 5.67. The van der Waals surface area contributed by atoms with Crippen molar-refractivity contribution in [1.29, 1.82) is 0 Å². The lowest BCUT2D eigenvalue weighted by Crippen LogP contribution is -2.38. The first-order valence-electron chi connectivity index (χ1n) is 6.73. The van der Waals surface area contributed by atoms with Crippen molar-refractivity contribution in [3.8, 4) is 0 Å². The molecule has 2 unspecified atom stereocenters. The highest BCUT2D eigenvalue weighted by molar-refractivity contribution is 5.96. The summed E-state index contributed by atoms with van der Waals surface area (Å²) < 4.78 is 0. The standard InChI is InChI=1S/C15H22N2O.ClH/c1-10-4-3-5-13(8-10)17-15(18)14-9-12(16)7-6-11(14)2;/h6-7,9-10,13H,3-5,8,16H2,1-2H3,(H,17,18);1H. The van der Waals surface area contributed by atoms with Crippen molar-refractivity contribution in [2.24, 2.45) is 5.92 Å². The van der Waals surface area contributed by atoms with Crippen LogP contribution in [-0.4, -0.2) is 11.9 Å². The third kappa shape index (κ3) is 4.13. The van der Waals surface area contributed by atoms with Gasteiger partial charge in [-0.15, -0.1) is 12.4 Å². The molecule has 0 aromatic heterocycles. The van der Waals surface area contributed by atoms with E-state index in [-0.39, 0.29) is 18.3 Å². The van der Waals surface area contributed by atoms with Crippen LogP contribution in [0.3, 0.4) is 0 Å². The Morgan fingerprint density at radius 2 is 2.11 bits per heavy atom. The van der Waals surface area contributed by atoms with Gasteiger partial charge in [-0.2, -0.15) is 0 Å². The lowest BCUT2D eigenvalue weighted by atomic mass is 9.87. The Labute approximate surface area is 121 Å². The van der Waals surface area contributed by atoms with Crippen molar-refractivity contribution in [3.63, 3.8) is 0 Å². The van der Waals surface area contributed by atoms with E-state index in [1.807, 2.05) is 19.1 Å². The molecule has 0 heterocycles. The second-order valence-electron chi connectivity index (χ2n) is 5.52. The molecule has 1 fully saturated rings. The molecule has 0 spiro atoms. The predicted octanol–water partition coefficient (Wildman–Crippen LogP) is 3.31. The normalized spacial score (nSPS) is 22.4. The molecule has 1 aromatic carbocycles. The van der Waals surface area contributed by atoms with Crippen LogP contribution in [0.1, 0.15) is 48.5 Å². The van der Waals surface area contributed by atoms with Gasteiger partial charge in [-0.3, -0.25) is 4.79 Å². The fraction of sp³-hybridized carbons (Fsp3) is 0.533. The number of carbonyl (C=O) groups excluding carboxylic acids is 1. The van der Waals surface area contributed by atoms with Gasteiger partial charge < -0.3 is 11.1 Å². The van der Waals surface area contributed by atoms with Crippen LogP contribution in [0.25, 0.3) is 0 Å². The van der Waals surface area contributed by atoms with Gasteiger partial charge in [-0.1, -0.05) is 25.8 Å². The lowest BCUT2D eigenvalue weighted by molar-refractivity contribution is 0.0921. The minimum Gasteiger partial charge on any atom is -0.399 e. The Morgan fingerprint density at radius 3 is 2.79 bits per heavy atom. The molecule has 1 aliphatic rings. The van der Waals surface area contributed by atoms with Crippen molar-refractivity contribution in [1.82, 2.24) is 5.32 Å². The Balaban J connectivity index is 0.00000180. The maximum Gasteiger partial charge on any atom is 0.251 e. The van der Waals surface area contributed by atoms with Crippen LogP contribution in [0, 0.1) is 12.8 Å². The van der Waals surface area contributed by atoms with Crippen molar-refractivity contribution in [2.45, 2.75) is 45.6 Å². The molecule has 19 heavy (non-hydrogen) atoms. The Hall–Kier alpha value is -1.22. The quantitative estimate of drug-likeness (QED) is 0.818. The monoisotopic (exact) mass is 282 g/mol. The van der Waals surface area contributed by atoms with Gasteiger partial charge in [0, 0.05) is 17.3 Å². The van der Waals surface area contributed by atoms with Crippen LogP contribution in [0.4, 0.5) is 5.69 Å². The van der Waals surface area contributed by atoms with Gasteiger partial charge in [0.05, 0.1) is 0 Å². The van der Waals surface area contributed by atoms with Gasteiger partial charge in [0.25, 0.3) is 5.91 Å². The number of nitrogens with two attached hydrogens (primary N) is 1. The Bertz CT molecular complexity index is 448. The highest BCUT2D eigenvalue weighted by Gasteiger charge is 2.21. The van der Waals surface area contributed by atoms with E-state index in [0.717, 1.165) is 18.4 Å². The first-order valence-corrected chi connectivity index (χ1v) is 6.73. The zero-order valence-corrected chi connectivity index (χ0v) is 12.4. The number of nitrogen functional groups attached to an aromatic ring is 1. The van der Waals surface area contributed by atoms with Crippen LogP contribution in [0.2, 0.25) is 0 Å². The van der Waals surface area contributed by atoms with Crippen LogP contribution in [-0.2, 0) is 0 Å². The van der Waals surface area contributed by atoms with Gasteiger partial charge in [0.15, 0.2) is 0 Å². The number of benzene rings is 1. The summed E-state index contributed by atoms with van der Waals surface area (Å²) in [5.74, 6) is 0.727. The molecular weight excluding hydrogens is 260 g/mol. The van der Waals surface area contributed by atoms with E-state index in [1.165, 1.54) is 12.8 Å². The molecule has 2 atom stereocenters. The van der Waals surface area contributed by atoms with E-state index in [0.29, 0.717) is 23.2 Å². The summed E-state index contributed by atoms with van der Waals surface area (Å²) in [6, 6.07) is 5.81. The van der Waals surface area contributed by atoms with Crippen molar-refractivity contribution in [2.75, 3.05) is 5.73 Å². The van der Waals surface area contributed by atoms with E-state index in [1.54, 1.807) is 6.07 Å². The molecule has 1 saturated carbocycles. The number of anilines is 1. The number of nitrogens with one attached hydrogen (secondary N) is 1. The molecule has 4 heteroatoms. The molecule has 1 aromatic rings. The van der Waals surface area contributed by atoms with Gasteiger partial charge in [-0.05, 0) is 43.4 Å². The van der Waals surface area contributed by atoms with Gasteiger partial charge >= 0.3 is 0 Å². The number of rotatable bonds is 2. The third-order valence-electron chi connectivity index (χ3n) is 3.78. The summed E-state index contributed by atoms with van der Waals surface area (Å²) >= 11 is 0. The topological polar surface area (TPSA) is 55.1 Å². The number of carbonyl (C=O) groups is 1. The fourth-order valence-electron chi connectivity index (χ4n) is 2.71. The van der Waals surface area contributed by atoms with Crippen molar-refractivity contribution >= 4 is 24.0 Å². The summed E-state index contributed by atoms with van der Waals surface area (Å²) in [4.78, 5) is 12.2. The summed E-state index contributed by atoms with van der Waals surface area (Å²) in [5, 5.41) is 3.14. The predicted molar refractivity (Wildman–Crippen MR) is 81.7 cm³/mol. The van der Waals surface area contributed by atoms with Gasteiger partial charge in [0.1, 0.15) is 0 Å². The molecule has 106 valence electrons. The van der Waals surface area contributed by atoms with Gasteiger partial charge in [0.2, 0.25) is 0 Å². The number of amides is 1. The average Bonchev–Trinajstić information content (AvgIpc) is 2.32. The van der Waals surface area contributed by atoms with Crippen LogP contribution >= 0.6 is 12.4 Å². The Morgan fingerprint density at radius 1 is 1.37 bits per heavy atom. The molecular formula is C15H23ClN2O. The highest BCUT2D eigenvalue weighted by Crippen LogP contribution is 2.24. The number of aryl methyl sites for hydroxylation is 1. The zero-order chi connectivity index (χ0) is 13.1. The number of halogens is 1. The molecule has 0 radical (unpaired) electrons. The van der Waals surface area contributed by atoms with Crippen LogP contribution in [0.15, 0.2) is 18.2 Å². The molecule has 0 bridgehead atoms. The minimum absolute atomic E-state index is 0. The van der Waals surface area contributed by atoms with Crippen molar-refractivity contribution in [3.05, 3.63) is 29.3 Å². The highest BCUT2D eigenvalue weighted by atomic mass is 35.5. The maximum absolute atomic E-state index is 12.2. The first kappa shape index (κ1) is 15.8. The molecule has 3 N–H and O–H groups in total. The molecule has 3 nitrogen and oxygen atoms in total. The zero-order valence-electron chi connectivity index (χ0n) is 11.6. The molecule has 1 aliphatic carbocycles. The fourth-order valence-corrected chi connectivity index (χ4v) is 2.71. The lowest BCUT2D eigenvalue weighted by Gasteiger charge is -2.27. The van der Waals surface area contributed by atoms with E-state index in [9.17, 15) is 4.79 Å². The molecule has 1 amide bonds. The van der Waals surface area contributed by atoms with E-state index >= 15 is 0 Å². The van der Waals surface area contributed by atoms with Crippen LogP contribution < -0.4 is 11.1 Å². The molecule has 0 aliphatic heterocycles. The smallest absolute Gasteiger partial charge is 0.251 e. The average molecular weight is 283 g/mol. The van der Waals surface area contributed by atoms with Crippen molar-refractivity contribution < 1.29 is 4.79 Å². The SMILES string of the molecule is Cc1ccc(N)cc1C(=O)NC1CCCC(C)C1.Cl. The number of hydrogen-bond donors (Lipinski definition) is 2. The second kappa shape index (κ2) is 6.80. The number of hydrogen-bond acceptors (Lipinski definition) is 2. The largest absolute Gasteiger partial charge is 0.399 e. The summed E-state index contributed by atoms with van der Waals surface area (Å²) in [6.07, 6.45) is 4.68. The van der Waals surface area contributed by atoms with E-state index < -0.39 is 0 Å². The van der Waals surface area contributed by atoms with E-state index in [4.69, 9.17) is 5.73 Å². The minimum atomic E-state index is 0. The summed E-state index contributed by atoms with van der Waals surface area (Å²) in [7, 11) is 0. The first-order chi connectivity index (χ1) is 8.56. The molecule has 2 rings (SSSR count). The summed E-state index contributed by atoms with van der Waals surface area (Å²) in [6.45, 7) is 4.20. The maximum atomic E-state index is 12.2. The second-order valence-corrected chi connectivity index (χ2v) is 5.52. The van der Waals surface area contributed by atoms with Crippen LogP contribution in [0.5, 0.6) is 0 Å². The molecule has 0 saturated heterocycles. The summed E-state index contributed by atoms with van der Waals surface area (Å²) in [5.41, 5.74) is 8.06. The van der Waals surface area contributed by atoms with E-state index in [2.05, 4.69) is 12.2 Å². The van der Waals surface area contributed by atoms with Gasteiger partial charge in [-0.25, -0.2) is 0 Å². The third-order valence-corrected chi connectivity index (χ3v) is 3.78.